The number of carbonyl (C=O) groups is 1. The second-order valence-corrected chi connectivity index (χ2v) is 9.14. The van der Waals surface area contributed by atoms with Crippen molar-refractivity contribution >= 4 is 30.1 Å². The number of hydrogen-bond donors (Lipinski definition) is 1. The van der Waals surface area contributed by atoms with E-state index >= 15 is 0 Å². The summed E-state index contributed by atoms with van der Waals surface area (Å²) in [6.07, 6.45) is 2.37. The highest BCUT2D eigenvalue weighted by molar-refractivity contribution is 5.81. The Balaban J connectivity index is 2.33. The summed E-state index contributed by atoms with van der Waals surface area (Å²) in [5.41, 5.74) is 1.53. The number of piperidine rings is 1. The Morgan fingerprint density at radius 1 is 1.38 bits per heavy atom. The van der Waals surface area contributed by atoms with Crippen molar-refractivity contribution in [1.29, 1.82) is 0 Å². The molecule has 4 nitrogen and oxygen atoms in total. The second-order valence-electron chi connectivity index (χ2n) is 9.14. The fourth-order valence-electron chi connectivity index (χ4n) is 3.99. The van der Waals surface area contributed by atoms with Crippen LogP contribution >= 0.6 is 0 Å². The molecule has 1 heterocycles. The number of amides is 1. The number of allylic oxidation sites excluding steroid dienone is 1. The molecule has 0 aliphatic carbocycles. The van der Waals surface area contributed by atoms with Crippen molar-refractivity contribution in [2.75, 3.05) is 18.0 Å². The maximum absolute atomic E-state index is 13.4. The molecule has 1 amide bonds. The van der Waals surface area contributed by atoms with E-state index in [1.165, 1.54) is 6.07 Å². The first-order valence-electron chi connectivity index (χ1n) is 10.1. The minimum Gasteiger partial charge on any atom is -0.369 e. The predicted molar refractivity (Wildman–Crippen MR) is 117 cm³/mol. The monoisotopic (exact) mass is 405 g/mol. The summed E-state index contributed by atoms with van der Waals surface area (Å²) in [5.74, 6) is 0.406. The molecule has 1 aromatic carbocycles. The highest BCUT2D eigenvalue weighted by Gasteiger charge is 2.29. The van der Waals surface area contributed by atoms with E-state index in [0.29, 0.717) is 24.4 Å². The molecule has 0 bridgehead atoms. The lowest BCUT2D eigenvalue weighted by Crippen LogP contribution is -2.51. The van der Waals surface area contributed by atoms with Gasteiger partial charge in [-0.2, -0.15) is 0 Å². The van der Waals surface area contributed by atoms with E-state index in [-0.39, 0.29) is 28.6 Å². The lowest BCUT2D eigenvalue weighted by molar-refractivity contribution is -0.123. The molecule has 0 unspecified atom stereocenters. The first-order valence-corrected chi connectivity index (χ1v) is 10.1. The molecule has 1 N–H and O–H groups in total. The molecule has 1 aliphatic rings. The number of halogens is 2. The highest BCUT2D eigenvalue weighted by Crippen LogP contribution is 2.39. The van der Waals surface area contributed by atoms with Crippen molar-refractivity contribution in [3.8, 4) is 0 Å². The van der Waals surface area contributed by atoms with Crippen LogP contribution in [-0.4, -0.2) is 31.8 Å². The number of rotatable bonds is 6. The number of aliphatic imine (C=N–C) groups is 1. The number of carbonyl (C=O) groups excluding carboxylic acids is 1. The Morgan fingerprint density at radius 2 is 2.07 bits per heavy atom. The quantitative estimate of drug-likeness (QED) is 0.612. The van der Waals surface area contributed by atoms with Crippen molar-refractivity contribution in [2.24, 2.45) is 16.3 Å². The first-order chi connectivity index (χ1) is 13.6. The average Bonchev–Trinajstić information content (AvgIpc) is 2.59. The van der Waals surface area contributed by atoms with Crippen LogP contribution in [0.5, 0.6) is 0 Å². The largest absolute Gasteiger partial charge is 0.369 e. The zero-order chi connectivity index (χ0) is 21.8. The molecular formula is C23H33F2N3O. The van der Waals surface area contributed by atoms with Crippen molar-refractivity contribution in [3.05, 3.63) is 29.3 Å². The molecule has 0 aromatic heterocycles. The summed E-state index contributed by atoms with van der Waals surface area (Å²) in [4.78, 5) is 18.5. The van der Waals surface area contributed by atoms with E-state index < -0.39 is 6.43 Å². The molecule has 0 spiro atoms. The predicted octanol–water partition coefficient (Wildman–Crippen LogP) is 5.76. The topological polar surface area (TPSA) is 44.7 Å². The van der Waals surface area contributed by atoms with Gasteiger partial charge in [-0.15, -0.1) is 0 Å². The van der Waals surface area contributed by atoms with Crippen LogP contribution in [0.2, 0.25) is 0 Å². The molecule has 2 atom stereocenters. The molecule has 1 fully saturated rings. The van der Waals surface area contributed by atoms with Crippen LogP contribution in [0, 0.1) is 11.3 Å². The zero-order valence-corrected chi connectivity index (χ0v) is 18.1. The molecule has 29 heavy (non-hydrogen) atoms. The third-order valence-corrected chi connectivity index (χ3v) is 5.01. The fourth-order valence-corrected chi connectivity index (χ4v) is 3.99. The number of nitrogens with one attached hydrogen (secondary N) is 1. The van der Waals surface area contributed by atoms with Gasteiger partial charge in [0, 0.05) is 42.4 Å². The normalized spacial score (nSPS) is 20.3. The van der Waals surface area contributed by atoms with Crippen molar-refractivity contribution in [2.45, 2.75) is 59.9 Å². The Bertz CT molecular complexity index is 768. The number of anilines is 1. The summed E-state index contributed by atoms with van der Waals surface area (Å²) in [5, 5.41) is 3.16. The van der Waals surface area contributed by atoms with Gasteiger partial charge in [0.15, 0.2) is 0 Å². The van der Waals surface area contributed by atoms with Crippen molar-refractivity contribution in [1.82, 2.24) is 5.32 Å². The molecule has 1 aliphatic heterocycles. The zero-order valence-electron chi connectivity index (χ0n) is 18.1. The maximum Gasteiger partial charge on any atom is 0.265 e. The molecule has 1 saturated heterocycles. The molecule has 160 valence electrons. The van der Waals surface area contributed by atoms with Crippen LogP contribution in [0.4, 0.5) is 20.2 Å². The van der Waals surface area contributed by atoms with E-state index in [1.807, 2.05) is 33.8 Å². The molecule has 0 radical (unpaired) electrons. The maximum atomic E-state index is 13.4. The van der Waals surface area contributed by atoms with Crippen LogP contribution in [0.15, 0.2) is 23.2 Å². The number of benzene rings is 1. The van der Waals surface area contributed by atoms with Crippen molar-refractivity contribution in [3.63, 3.8) is 0 Å². The van der Waals surface area contributed by atoms with Gasteiger partial charge in [0.05, 0.1) is 5.69 Å². The summed E-state index contributed by atoms with van der Waals surface area (Å²) in [6, 6.07) is 3.18. The molecular weight excluding hydrogens is 372 g/mol. The number of alkyl halides is 2. The van der Waals surface area contributed by atoms with Gasteiger partial charge in [0.2, 0.25) is 5.91 Å². The van der Waals surface area contributed by atoms with Gasteiger partial charge in [-0.1, -0.05) is 39.8 Å². The van der Waals surface area contributed by atoms with E-state index in [9.17, 15) is 13.6 Å². The van der Waals surface area contributed by atoms with E-state index in [4.69, 9.17) is 0 Å². The minimum atomic E-state index is -2.61. The van der Waals surface area contributed by atoms with Crippen LogP contribution in [0.1, 0.15) is 65.0 Å². The Morgan fingerprint density at radius 3 is 2.62 bits per heavy atom. The summed E-state index contributed by atoms with van der Waals surface area (Å²) >= 11 is 0. The van der Waals surface area contributed by atoms with Gasteiger partial charge in [-0.05, 0) is 43.5 Å². The minimum absolute atomic E-state index is 0.0157. The summed E-state index contributed by atoms with van der Waals surface area (Å²) in [7, 11) is 0. The lowest BCUT2D eigenvalue weighted by atomic mass is 9.90. The van der Waals surface area contributed by atoms with Gasteiger partial charge in [-0.3, -0.25) is 9.79 Å². The average molecular weight is 406 g/mol. The fraction of sp³-hybridized carbons (Fsp3) is 0.565. The molecule has 6 heteroatoms. The lowest BCUT2D eigenvalue weighted by Gasteiger charge is -2.39. The Hall–Kier alpha value is -2.24. The Labute approximate surface area is 173 Å². The molecule has 0 saturated carbocycles. The van der Waals surface area contributed by atoms with Gasteiger partial charge in [0.25, 0.3) is 6.43 Å². The third-order valence-electron chi connectivity index (χ3n) is 5.01. The van der Waals surface area contributed by atoms with Crippen molar-refractivity contribution < 1.29 is 13.6 Å². The molecule has 1 aromatic rings. The first kappa shape index (κ1) is 23.0. The van der Waals surface area contributed by atoms with E-state index in [2.05, 4.69) is 28.9 Å². The summed E-state index contributed by atoms with van der Waals surface area (Å²) in [6.45, 7) is 15.1. The smallest absolute Gasteiger partial charge is 0.265 e. The van der Waals surface area contributed by atoms with E-state index in [0.717, 1.165) is 18.7 Å². The van der Waals surface area contributed by atoms with Crippen LogP contribution in [0.25, 0.3) is 6.08 Å². The van der Waals surface area contributed by atoms with Gasteiger partial charge < -0.3 is 10.2 Å². The summed E-state index contributed by atoms with van der Waals surface area (Å²) < 4.78 is 26.9. The van der Waals surface area contributed by atoms with Gasteiger partial charge >= 0.3 is 0 Å². The number of nitrogens with zero attached hydrogens (tertiary/aromatic N) is 2. The van der Waals surface area contributed by atoms with Crippen LogP contribution in [-0.2, 0) is 4.79 Å². The Kier molecular flexibility index (Phi) is 7.55. The van der Waals surface area contributed by atoms with Crippen LogP contribution in [0.3, 0.4) is 0 Å². The number of hydrogen-bond acceptors (Lipinski definition) is 3. The second kappa shape index (κ2) is 9.51. The van der Waals surface area contributed by atoms with Gasteiger partial charge in [0.1, 0.15) is 0 Å². The van der Waals surface area contributed by atoms with Crippen LogP contribution < -0.4 is 10.2 Å². The SMILES string of the molecule is C=Nc1c(C(F)F)ccc(N2C[C@@H](C)C[C@@H](NC(=O)CC(C)(C)C)C2)c1/C=C\C. The third kappa shape index (κ3) is 6.12. The molecule has 2 rings (SSSR count). The standard InChI is InChI=1S/C23H33F2N3O/c1-7-8-17-19(10-9-18(22(24)25)21(17)26-6)28-13-15(2)11-16(14-28)27-20(29)12-23(3,4)5/h7-10,15-16,22H,6,11-14H2,1-5H3,(H,27,29)/b8-7-/t15-,16+/m0/s1. The van der Waals surface area contributed by atoms with E-state index in [1.54, 1.807) is 12.1 Å². The van der Waals surface area contributed by atoms with Gasteiger partial charge in [-0.25, -0.2) is 8.78 Å². The highest BCUT2D eigenvalue weighted by atomic mass is 19.3.